The number of nitrogens with one attached hydrogen (secondary N) is 2. The van der Waals surface area contributed by atoms with Gasteiger partial charge in [-0.15, -0.1) is 0 Å². The summed E-state index contributed by atoms with van der Waals surface area (Å²) < 4.78 is 10.8. The SMILES string of the molecule is COC(CNC(=O)C(Cc1ccccc1)NC(=O)OC(C)(C)C)c1ccc(Cl)c(Cl)c1. The van der Waals surface area contributed by atoms with Gasteiger partial charge in [-0.1, -0.05) is 59.6 Å². The molecule has 0 aromatic heterocycles. The van der Waals surface area contributed by atoms with E-state index in [4.69, 9.17) is 32.7 Å². The normalized spacial score (nSPS) is 13.2. The maximum absolute atomic E-state index is 12.9. The zero-order valence-corrected chi connectivity index (χ0v) is 19.6. The number of hydrogen-bond donors (Lipinski definition) is 2. The lowest BCUT2D eigenvalue weighted by atomic mass is 10.0. The summed E-state index contributed by atoms with van der Waals surface area (Å²) in [6.45, 7) is 5.48. The van der Waals surface area contributed by atoms with Gasteiger partial charge in [0.1, 0.15) is 11.6 Å². The Morgan fingerprint density at radius 3 is 2.29 bits per heavy atom. The van der Waals surface area contributed by atoms with Crippen molar-refractivity contribution in [2.45, 2.75) is 44.9 Å². The minimum absolute atomic E-state index is 0.189. The highest BCUT2D eigenvalue weighted by Gasteiger charge is 2.25. The maximum atomic E-state index is 12.9. The average Bonchev–Trinajstić information content (AvgIpc) is 2.69. The summed E-state index contributed by atoms with van der Waals surface area (Å²) >= 11 is 12.1. The molecule has 0 bridgehead atoms. The number of methoxy groups -OCH3 is 1. The first-order valence-corrected chi connectivity index (χ1v) is 10.6. The number of carbonyl (C=O) groups excluding carboxylic acids is 2. The van der Waals surface area contributed by atoms with Gasteiger partial charge in [-0.2, -0.15) is 0 Å². The van der Waals surface area contributed by atoms with Crippen LogP contribution >= 0.6 is 23.2 Å². The molecule has 0 aliphatic heterocycles. The van der Waals surface area contributed by atoms with E-state index in [9.17, 15) is 9.59 Å². The van der Waals surface area contributed by atoms with Crippen LogP contribution in [0.3, 0.4) is 0 Å². The Morgan fingerprint density at radius 2 is 1.71 bits per heavy atom. The zero-order chi connectivity index (χ0) is 23.0. The largest absolute Gasteiger partial charge is 0.444 e. The van der Waals surface area contributed by atoms with Gasteiger partial charge in [0.2, 0.25) is 5.91 Å². The smallest absolute Gasteiger partial charge is 0.408 e. The Labute approximate surface area is 193 Å². The molecule has 0 spiro atoms. The number of benzene rings is 2. The van der Waals surface area contributed by atoms with E-state index in [0.29, 0.717) is 16.5 Å². The van der Waals surface area contributed by atoms with Crippen molar-refractivity contribution < 1.29 is 19.1 Å². The molecule has 31 heavy (non-hydrogen) atoms. The van der Waals surface area contributed by atoms with Crippen molar-refractivity contribution in [3.63, 3.8) is 0 Å². The number of carbonyl (C=O) groups is 2. The summed E-state index contributed by atoms with van der Waals surface area (Å²) in [5, 5.41) is 6.35. The summed E-state index contributed by atoms with van der Waals surface area (Å²) in [6.07, 6.45) is -0.773. The highest BCUT2D eigenvalue weighted by molar-refractivity contribution is 6.42. The van der Waals surface area contributed by atoms with Crippen molar-refractivity contribution in [2.75, 3.05) is 13.7 Å². The van der Waals surface area contributed by atoms with Crippen LogP contribution in [-0.2, 0) is 20.7 Å². The number of alkyl carbamates (subject to hydrolysis) is 1. The van der Waals surface area contributed by atoms with E-state index in [2.05, 4.69) is 10.6 Å². The molecule has 2 N–H and O–H groups in total. The van der Waals surface area contributed by atoms with Crippen molar-refractivity contribution >= 4 is 35.2 Å². The van der Waals surface area contributed by atoms with Gasteiger partial charge in [-0.25, -0.2) is 4.79 Å². The van der Waals surface area contributed by atoms with Crippen molar-refractivity contribution in [3.8, 4) is 0 Å². The number of hydrogen-bond acceptors (Lipinski definition) is 4. The fraction of sp³-hybridized carbons (Fsp3) is 0.391. The molecule has 0 fully saturated rings. The molecule has 0 saturated carbocycles. The second-order valence-corrected chi connectivity index (χ2v) is 8.85. The maximum Gasteiger partial charge on any atom is 0.408 e. The molecule has 0 heterocycles. The highest BCUT2D eigenvalue weighted by atomic mass is 35.5. The lowest BCUT2D eigenvalue weighted by Crippen LogP contribution is -2.50. The number of amides is 2. The zero-order valence-electron chi connectivity index (χ0n) is 18.1. The lowest BCUT2D eigenvalue weighted by molar-refractivity contribution is -0.123. The standard InChI is InChI=1S/C23H28Cl2N2O4/c1-23(2,3)31-22(29)27-19(12-15-8-6-5-7-9-15)21(28)26-14-20(30-4)16-10-11-17(24)18(25)13-16/h5-11,13,19-20H,12,14H2,1-4H3,(H,26,28)(H,27,29). The van der Waals surface area contributed by atoms with Gasteiger partial charge in [0, 0.05) is 20.1 Å². The molecule has 2 aromatic carbocycles. The molecular formula is C23H28Cl2N2O4. The summed E-state index contributed by atoms with van der Waals surface area (Å²) in [6, 6.07) is 13.8. The lowest BCUT2D eigenvalue weighted by Gasteiger charge is -2.24. The summed E-state index contributed by atoms with van der Waals surface area (Å²) in [4.78, 5) is 25.2. The van der Waals surface area contributed by atoms with Crippen LogP contribution < -0.4 is 10.6 Å². The van der Waals surface area contributed by atoms with E-state index in [1.807, 2.05) is 30.3 Å². The Bertz CT molecular complexity index is 885. The monoisotopic (exact) mass is 466 g/mol. The Hall–Kier alpha value is -2.28. The number of rotatable bonds is 8. The minimum atomic E-state index is -0.816. The fourth-order valence-corrected chi connectivity index (χ4v) is 3.18. The van der Waals surface area contributed by atoms with Gasteiger partial charge in [-0.05, 0) is 44.0 Å². The third-order valence-corrected chi connectivity index (χ3v) is 5.09. The third kappa shape index (κ3) is 8.40. The molecular weight excluding hydrogens is 439 g/mol. The van der Waals surface area contributed by atoms with Gasteiger partial charge in [0.05, 0.1) is 16.1 Å². The van der Waals surface area contributed by atoms with Crippen molar-refractivity contribution in [1.29, 1.82) is 0 Å². The predicted octanol–water partition coefficient (Wildman–Crippen LogP) is 4.93. The third-order valence-electron chi connectivity index (χ3n) is 4.35. The van der Waals surface area contributed by atoms with Gasteiger partial charge < -0.3 is 20.1 Å². The Morgan fingerprint density at radius 1 is 1.03 bits per heavy atom. The summed E-state index contributed by atoms with van der Waals surface area (Å²) in [5.74, 6) is -0.350. The van der Waals surface area contributed by atoms with Crippen LogP contribution in [0.1, 0.15) is 38.0 Å². The van der Waals surface area contributed by atoms with E-state index in [0.717, 1.165) is 11.1 Å². The van der Waals surface area contributed by atoms with Crippen LogP contribution in [0.15, 0.2) is 48.5 Å². The predicted molar refractivity (Wildman–Crippen MR) is 123 cm³/mol. The molecule has 2 atom stereocenters. The van der Waals surface area contributed by atoms with Crippen LogP contribution in [-0.4, -0.2) is 37.3 Å². The molecule has 2 amide bonds. The quantitative estimate of drug-likeness (QED) is 0.577. The molecule has 8 heteroatoms. The van der Waals surface area contributed by atoms with Crippen LogP contribution in [0.4, 0.5) is 4.79 Å². The molecule has 6 nitrogen and oxygen atoms in total. The van der Waals surface area contributed by atoms with Gasteiger partial charge >= 0.3 is 6.09 Å². The molecule has 2 aromatic rings. The number of halogens is 2. The second kappa shape index (κ2) is 11.4. The number of ether oxygens (including phenoxy) is 2. The molecule has 0 radical (unpaired) electrons. The molecule has 168 valence electrons. The van der Waals surface area contributed by atoms with E-state index in [1.165, 1.54) is 0 Å². The topological polar surface area (TPSA) is 76.7 Å². The van der Waals surface area contributed by atoms with E-state index >= 15 is 0 Å². The van der Waals surface area contributed by atoms with E-state index in [1.54, 1.807) is 46.1 Å². The summed E-state index contributed by atoms with van der Waals surface area (Å²) in [7, 11) is 1.54. The molecule has 2 unspecified atom stereocenters. The van der Waals surface area contributed by atoms with Gasteiger partial charge in [0.15, 0.2) is 0 Å². The first-order chi connectivity index (χ1) is 14.6. The van der Waals surface area contributed by atoms with E-state index in [-0.39, 0.29) is 12.5 Å². The van der Waals surface area contributed by atoms with Crippen molar-refractivity contribution in [2.24, 2.45) is 0 Å². The van der Waals surface area contributed by atoms with Crippen LogP contribution in [0, 0.1) is 0 Å². The van der Waals surface area contributed by atoms with Crippen LogP contribution in [0.25, 0.3) is 0 Å². The summed E-state index contributed by atoms with van der Waals surface area (Å²) in [5.41, 5.74) is 1.01. The van der Waals surface area contributed by atoms with Gasteiger partial charge in [0.25, 0.3) is 0 Å². The molecule has 0 saturated heterocycles. The van der Waals surface area contributed by atoms with E-state index < -0.39 is 23.8 Å². The van der Waals surface area contributed by atoms with Crippen LogP contribution in [0.2, 0.25) is 10.0 Å². The minimum Gasteiger partial charge on any atom is -0.444 e. The van der Waals surface area contributed by atoms with Crippen LogP contribution in [0.5, 0.6) is 0 Å². The Kier molecular flexibility index (Phi) is 9.16. The first kappa shape index (κ1) is 25.0. The Balaban J connectivity index is 2.09. The van der Waals surface area contributed by atoms with Crippen molar-refractivity contribution in [1.82, 2.24) is 10.6 Å². The fourth-order valence-electron chi connectivity index (χ4n) is 2.88. The second-order valence-electron chi connectivity index (χ2n) is 8.03. The van der Waals surface area contributed by atoms with Gasteiger partial charge in [-0.3, -0.25) is 4.79 Å². The molecule has 0 aliphatic carbocycles. The first-order valence-electron chi connectivity index (χ1n) is 9.88. The molecule has 0 aliphatic rings. The van der Waals surface area contributed by atoms with Crippen molar-refractivity contribution in [3.05, 3.63) is 69.7 Å². The average molecular weight is 467 g/mol. The highest BCUT2D eigenvalue weighted by Crippen LogP contribution is 2.26. The molecule has 2 rings (SSSR count).